The molecule has 0 spiro atoms. The van der Waals surface area contributed by atoms with Crippen LogP contribution in [0.15, 0.2) is 42.0 Å². The van der Waals surface area contributed by atoms with E-state index in [2.05, 4.69) is 57.2 Å². The van der Waals surface area contributed by atoms with Gasteiger partial charge in [0.05, 0.1) is 12.7 Å². The van der Waals surface area contributed by atoms with Crippen LogP contribution in [0.3, 0.4) is 0 Å². The zero-order valence-corrected chi connectivity index (χ0v) is 11.5. The van der Waals surface area contributed by atoms with E-state index in [1.807, 2.05) is 0 Å². The van der Waals surface area contributed by atoms with Crippen LogP contribution in [0.1, 0.15) is 32.4 Å². The highest BCUT2D eigenvalue weighted by Gasteiger charge is 2.43. The van der Waals surface area contributed by atoms with Crippen molar-refractivity contribution in [3.63, 3.8) is 0 Å². The molecule has 2 bridgehead atoms. The van der Waals surface area contributed by atoms with Crippen molar-refractivity contribution in [2.24, 2.45) is 23.7 Å². The van der Waals surface area contributed by atoms with Crippen LogP contribution in [0.25, 0.3) is 0 Å². The first kappa shape index (κ1) is 12.0. The van der Waals surface area contributed by atoms with Crippen LogP contribution in [0.4, 0.5) is 0 Å². The van der Waals surface area contributed by atoms with Gasteiger partial charge in [0.25, 0.3) is 0 Å². The van der Waals surface area contributed by atoms with Gasteiger partial charge in [-0.05, 0) is 30.2 Å². The molecule has 3 rings (SSSR count). The highest BCUT2D eigenvalue weighted by atomic mass is 16.5. The molecule has 1 aromatic rings. The van der Waals surface area contributed by atoms with Gasteiger partial charge in [-0.2, -0.15) is 0 Å². The molecule has 5 atom stereocenters. The lowest BCUT2D eigenvalue weighted by atomic mass is 9.65. The van der Waals surface area contributed by atoms with Crippen molar-refractivity contribution in [2.45, 2.75) is 26.9 Å². The number of allylic oxidation sites excluding steroid dienone is 1. The predicted molar refractivity (Wildman–Crippen MR) is 74.2 cm³/mol. The summed E-state index contributed by atoms with van der Waals surface area (Å²) in [5, 5.41) is 0. The minimum Gasteiger partial charge on any atom is -0.373 e. The highest BCUT2D eigenvalue weighted by molar-refractivity contribution is 5.25. The minimum absolute atomic E-state index is 0.251. The molecule has 2 aliphatic rings. The predicted octanol–water partition coefficient (Wildman–Crippen LogP) is 4.22. The second-order valence-electron chi connectivity index (χ2n) is 5.98. The number of rotatable bonds is 1. The van der Waals surface area contributed by atoms with Crippen molar-refractivity contribution < 1.29 is 4.74 Å². The van der Waals surface area contributed by atoms with Gasteiger partial charge >= 0.3 is 0 Å². The van der Waals surface area contributed by atoms with E-state index in [4.69, 9.17) is 4.74 Å². The maximum atomic E-state index is 6.20. The quantitative estimate of drug-likeness (QED) is 0.670. The standard InChI is InChI=1S/C17H22O/c1-11-9-12(2)16-13(3)15(11)10-18-17(16)14-7-5-4-6-8-14/h4-9,11,13,15-17H,10H2,1-3H3/t11-,13+,15+,16-,17-/m0/s1. The Balaban J connectivity index is 1.97. The zero-order chi connectivity index (χ0) is 12.7. The van der Waals surface area contributed by atoms with E-state index in [0.717, 1.165) is 12.5 Å². The third-order valence-corrected chi connectivity index (χ3v) is 4.89. The van der Waals surface area contributed by atoms with Crippen molar-refractivity contribution in [3.8, 4) is 0 Å². The fourth-order valence-corrected chi connectivity index (χ4v) is 3.89. The molecule has 18 heavy (non-hydrogen) atoms. The molecule has 0 unspecified atom stereocenters. The van der Waals surface area contributed by atoms with Gasteiger partial charge < -0.3 is 4.74 Å². The Kier molecular flexibility index (Phi) is 3.03. The molecule has 1 nitrogen and oxygen atoms in total. The number of fused-ring (bicyclic) bond motifs is 2. The summed E-state index contributed by atoms with van der Waals surface area (Å²) in [6.45, 7) is 7.91. The Morgan fingerprint density at radius 1 is 1.11 bits per heavy atom. The third kappa shape index (κ3) is 1.81. The topological polar surface area (TPSA) is 9.23 Å². The van der Waals surface area contributed by atoms with Crippen LogP contribution in [-0.4, -0.2) is 6.61 Å². The van der Waals surface area contributed by atoms with E-state index in [-0.39, 0.29) is 6.10 Å². The Morgan fingerprint density at radius 2 is 1.83 bits per heavy atom. The van der Waals surface area contributed by atoms with E-state index in [1.54, 1.807) is 0 Å². The molecular formula is C17H22O. The fourth-order valence-electron chi connectivity index (χ4n) is 3.89. The summed E-state index contributed by atoms with van der Waals surface area (Å²) < 4.78 is 6.20. The lowest BCUT2D eigenvalue weighted by molar-refractivity contribution is -0.0934. The lowest BCUT2D eigenvalue weighted by Crippen LogP contribution is -2.42. The largest absolute Gasteiger partial charge is 0.373 e. The number of benzene rings is 1. The smallest absolute Gasteiger partial charge is 0.0892 e. The minimum atomic E-state index is 0.251. The molecule has 1 heterocycles. The van der Waals surface area contributed by atoms with Crippen LogP contribution in [-0.2, 0) is 4.74 Å². The first-order chi connectivity index (χ1) is 8.68. The van der Waals surface area contributed by atoms with Crippen molar-refractivity contribution in [1.82, 2.24) is 0 Å². The number of hydrogen-bond donors (Lipinski definition) is 0. The van der Waals surface area contributed by atoms with Gasteiger partial charge in [0.15, 0.2) is 0 Å². The van der Waals surface area contributed by atoms with Crippen molar-refractivity contribution in [3.05, 3.63) is 47.5 Å². The van der Waals surface area contributed by atoms with Crippen LogP contribution in [0, 0.1) is 23.7 Å². The van der Waals surface area contributed by atoms with Gasteiger partial charge in [0.1, 0.15) is 0 Å². The molecule has 0 N–H and O–H groups in total. The van der Waals surface area contributed by atoms with Gasteiger partial charge in [-0.1, -0.05) is 55.8 Å². The average molecular weight is 242 g/mol. The molecule has 1 aliphatic carbocycles. The second kappa shape index (κ2) is 4.55. The maximum Gasteiger partial charge on any atom is 0.0892 e. The molecule has 1 aromatic carbocycles. The summed E-state index contributed by atoms with van der Waals surface area (Å²) in [4.78, 5) is 0. The average Bonchev–Trinajstić information content (AvgIpc) is 2.37. The summed E-state index contributed by atoms with van der Waals surface area (Å²) in [6.07, 6.45) is 2.72. The van der Waals surface area contributed by atoms with Gasteiger partial charge in [-0.3, -0.25) is 0 Å². The van der Waals surface area contributed by atoms with Crippen LogP contribution < -0.4 is 0 Å². The maximum absolute atomic E-state index is 6.20. The molecule has 1 heteroatoms. The fraction of sp³-hybridized carbons (Fsp3) is 0.529. The van der Waals surface area contributed by atoms with Crippen molar-refractivity contribution >= 4 is 0 Å². The van der Waals surface area contributed by atoms with E-state index < -0.39 is 0 Å². The molecule has 0 radical (unpaired) electrons. The molecular weight excluding hydrogens is 220 g/mol. The Bertz CT molecular complexity index is 448. The molecule has 1 saturated heterocycles. The SMILES string of the molecule is CC1=C[C@H](C)[C@H]2CO[C@@H](c3ccccc3)[C@@H]1[C@@H]2C. The highest BCUT2D eigenvalue weighted by Crippen LogP contribution is 2.49. The van der Waals surface area contributed by atoms with Gasteiger partial charge in [0, 0.05) is 5.92 Å². The Hall–Kier alpha value is -1.08. The van der Waals surface area contributed by atoms with Crippen LogP contribution >= 0.6 is 0 Å². The normalized spacial score (nSPS) is 39.3. The molecule has 96 valence electrons. The summed E-state index contributed by atoms with van der Waals surface area (Å²) >= 11 is 0. The van der Waals surface area contributed by atoms with Gasteiger partial charge in [0.2, 0.25) is 0 Å². The van der Waals surface area contributed by atoms with E-state index >= 15 is 0 Å². The molecule has 0 amide bonds. The van der Waals surface area contributed by atoms with E-state index in [9.17, 15) is 0 Å². The van der Waals surface area contributed by atoms with Gasteiger partial charge in [-0.25, -0.2) is 0 Å². The van der Waals surface area contributed by atoms with E-state index in [0.29, 0.717) is 17.8 Å². The molecule has 0 saturated carbocycles. The summed E-state index contributed by atoms with van der Waals surface area (Å²) in [5.74, 6) is 2.64. The van der Waals surface area contributed by atoms with Crippen LogP contribution in [0.2, 0.25) is 0 Å². The van der Waals surface area contributed by atoms with Crippen molar-refractivity contribution in [2.75, 3.05) is 6.61 Å². The zero-order valence-electron chi connectivity index (χ0n) is 11.5. The molecule has 0 aromatic heterocycles. The summed E-state index contributed by atoms with van der Waals surface area (Å²) in [6, 6.07) is 10.7. The Morgan fingerprint density at radius 3 is 2.56 bits per heavy atom. The summed E-state index contributed by atoms with van der Waals surface area (Å²) in [5.41, 5.74) is 2.84. The summed E-state index contributed by atoms with van der Waals surface area (Å²) in [7, 11) is 0. The van der Waals surface area contributed by atoms with Crippen molar-refractivity contribution in [1.29, 1.82) is 0 Å². The van der Waals surface area contributed by atoms with E-state index in [1.165, 1.54) is 11.1 Å². The second-order valence-corrected chi connectivity index (χ2v) is 5.98. The Labute approximate surface area is 110 Å². The number of ether oxygens (including phenoxy) is 1. The first-order valence-electron chi connectivity index (χ1n) is 7.03. The third-order valence-electron chi connectivity index (χ3n) is 4.89. The monoisotopic (exact) mass is 242 g/mol. The van der Waals surface area contributed by atoms with Gasteiger partial charge in [-0.15, -0.1) is 0 Å². The molecule has 1 fully saturated rings. The lowest BCUT2D eigenvalue weighted by Gasteiger charge is -2.47. The molecule has 1 aliphatic heterocycles. The first-order valence-corrected chi connectivity index (χ1v) is 7.03. The van der Waals surface area contributed by atoms with Crippen LogP contribution in [0.5, 0.6) is 0 Å². The number of hydrogen-bond acceptors (Lipinski definition) is 1.